The molecule has 0 saturated heterocycles. The quantitative estimate of drug-likeness (QED) is 0.858. The molecule has 1 N–H and O–H groups in total. The van der Waals surface area contributed by atoms with Gasteiger partial charge >= 0.3 is 0 Å². The Morgan fingerprint density at radius 3 is 2.43 bits per heavy atom. The van der Waals surface area contributed by atoms with Crippen molar-refractivity contribution in [3.05, 3.63) is 57.6 Å². The van der Waals surface area contributed by atoms with E-state index in [1.54, 1.807) is 13.0 Å². The van der Waals surface area contributed by atoms with E-state index in [1.807, 2.05) is 45.9 Å². The summed E-state index contributed by atoms with van der Waals surface area (Å²) in [5.74, 6) is 0.538. The Morgan fingerprint density at radius 1 is 1.09 bits per heavy atom. The summed E-state index contributed by atoms with van der Waals surface area (Å²) in [6.07, 6.45) is -0.602. The maximum Gasteiger partial charge on any atom is 0.265 e. The van der Waals surface area contributed by atoms with Gasteiger partial charge in [-0.1, -0.05) is 23.7 Å². The second-order valence-electron chi connectivity index (χ2n) is 5.92. The van der Waals surface area contributed by atoms with Crippen LogP contribution in [-0.4, -0.2) is 12.0 Å². The summed E-state index contributed by atoms with van der Waals surface area (Å²) < 4.78 is 5.85. The third-order valence-electron chi connectivity index (χ3n) is 3.88. The summed E-state index contributed by atoms with van der Waals surface area (Å²) in [6, 6.07) is 9.49. The topological polar surface area (TPSA) is 38.3 Å². The van der Waals surface area contributed by atoms with Crippen LogP contribution in [0, 0.1) is 27.7 Å². The van der Waals surface area contributed by atoms with Crippen molar-refractivity contribution >= 4 is 23.2 Å². The van der Waals surface area contributed by atoms with Crippen molar-refractivity contribution in [2.45, 2.75) is 40.7 Å². The second-order valence-corrected chi connectivity index (χ2v) is 6.33. The van der Waals surface area contributed by atoms with Crippen molar-refractivity contribution in [2.75, 3.05) is 5.32 Å². The fourth-order valence-corrected chi connectivity index (χ4v) is 2.46. The van der Waals surface area contributed by atoms with Gasteiger partial charge in [-0.05, 0) is 75.1 Å². The Morgan fingerprint density at radius 2 is 1.78 bits per heavy atom. The number of amides is 1. The van der Waals surface area contributed by atoms with Crippen LogP contribution in [0.3, 0.4) is 0 Å². The Bertz CT molecular complexity index is 740. The molecule has 0 heterocycles. The predicted molar refractivity (Wildman–Crippen MR) is 95.6 cm³/mol. The molecule has 0 aromatic heterocycles. The molecule has 2 aromatic rings. The molecule has 0 saturated carbocycles. The normalized spacial score (nSPS) is 11.9. The van der Waals surface area contributed by atoms with Gasteiger partial charge in [-0.3, -0.25) is 4.79 Å². The zero-order valence-corrected chi connectivity index (χ0v) is 14.9. The minimum Gasteiger partial charge on any atom is -0.481 e. The summed E-state index contributed by atoms with van der Waals surface area (Å²) in [6.45, 7) is 9.70. The first-order valence-electron chi connectivity index (χ1n) is 7.59. The number of anilines is 1. The first kappa shape index (κ1) is 17.4. The lowest BCUT2D eigenvalue weighted by Crippen LogP contribution is -2.30. The fraction of sp³-hybridized carbons (Fsp3) is 0.316. The molecule has 0 unspecified atom stereocenters. The number of rotatable bonds is 4. The first-order chi connectivity index (χ1) is 10.8. The highest BCUT2D eigenvalue weighted by Gasteiger charge is 2.17. The largest absolute Gasteiger partial charge is 0.481 e. The molecule has 122 valence electrons. The van der Waals surface area contributed by atoms with Crippen LogP contribution in [0.5, 0.6) is 5.75 Å². The molecular formula is C19H22ClNO2. The van der Waals surface area contributed by atoms with Crippen LogP contribution in [0.2, 0.25) is 5.02 Å². The molecule has 0 aliphatic rings. The number of hydrogen-bond donors (Lipinski definition) is 1. The molecule has 1 amide bonds. The van der Waals surface area contributed by atoms with E-state index in [4.69, 9.17) is 16.3 Å². The third kappa shape index (κ3) is 4.26. The highest BCUT2D eigenvalue weighted by Crippen LogP contribution is 2.25. The number of benzene rings is 2. The smallest absolute Gasteiger partial charge is 0.265 e. The van der Waals surface area contributed by atoms with Crippen molar-refractivity contribution < 1.29 is 9.53 Å². The lowest BCUT2D eigenvalue weighted by Gasteiger charge is -2.18. The van der Waals surface area contributed by atoms with E-state index in [9.17, 15) is 4.79 Å². The third-order valence-corrected chi connectivity index (χ3v) is 4.28. The number of carbonyl (C=O) groups is 1. The number of ether oxygens (including phenoxy) is 1. The molecule has 3 nitrogen and oxygen atoms in total. The molecular weight excluding hydrogens is 310 g/mol. The number of halogens is 1. The number of nitrogens with one attached hydrogen (secondary N) is 1. The van der Waals surface area contributed by atoms with Crippen LogP contribution in [0.15, 0.2) is 30.3 Å². The zero-order chi connectivity index (χ0) is 17.1. The van der Waals surface area contributed by atoms with Crippen LogP contribution in [-0.2, 0) is 4.79 Å². The van der Waals surface area contributed by atoms with E-state index >= 15 is 0 Å². The maximum atomic E-state index is 12.3. The van der Waals surface area contributed by atoms with Crippen molar-refractivity contribution in [2.24, 2.45) is 0 Å². The van der Waals surface area contributed by atoms with Gasteiger partial charge in [-0.25, -0.2) is 0 Å². The van der Waals surface area contributed by atoms with Gasteiger partial charge in [-0.15, -0.1) is 0 Å². The van der Waals surface area contributed by atoms with E-state index < -0.39 is 6.10 Å². The van der Waals surface area contributed by atoms with Crippen molar-refractivity contribution in [3.63, 3.8) is 0 Å². The Hall–Kier alpha value is -2.00. The standard InChI is InChI=1S/C19H22ClNO2/c1-11-8-13(3)14(4)18(9-11)23-15(5)19(22)21-16-7-6-12(2)17(20)10-16/h6-10,15H,1-5H3,(H,21,22)/t15-/m0/s1. The van der Waals surface area contributed by atoms with Crippen molar-refractivity contribution in [1.82, 2.24) is 0 Å². The molecule has 0 aliphatic carbocycles. The van der Waals surface area contributed by atoms with E-state index in [-0.39, 0.29) is 5.91 Å². The SMILES string of the molecule is Cc1cc(C)c(C)c(O[C@@H](C)C(=O)Nc2ccc(C)c(Cl)c2)c1. The minimum absolute atomic E-state index is 0.205. The monoisotopic (exact) mass is 331 g/mol. The van der Waals surface area contributed by atoms with Crippen LogP contribution >= 0.6 is 11.6 Å². The summed E-state index contributed by atoms with van der Waals surface area (Å²) in [5, 5.41) is 3.46. The van der Waals surface area contributed by atoms with Crippen LogP contribution in [0.25, 0.3) is 0 Å². The average molecular weight is 332 g/mol. The van der Waals surface area contributed by atoms with Gasteiger partial charge < -0.3 is 10.1 Å². The van der Waals surface area contributed by atoms with Gasteiger partial charge in [-0.2, -0.15) is 0 Å². The highest BCUT2D eigenvalue weighted by atomic mass is 35.5. The highest BCUT2D eigenvalue weighted by molar-refractivity contribution is 6.31. The van der Waals surface area contributed by atoms with Gasteiger partial charge in [0.25, 0.3) is 5.91 Å². The fourth-order valence-electron chi connectivity index (χ4n) is 2.28. The Labute approximate surface area is 142 Å². The van der Waals surface area contributed by atoms with Gasteiger partial charge in [0.15, 0.2) is 6.10 Å². The molecule has 0 spiro atoms. The average Bonchev–Trinajstić information content (AvgIpc) is 2.48. The van der Waals surface area contributed by atoms with Crippen LogP contribution in [0.4, 0.5) is 5.69 Å². The van der Waals surface area contributed by atoms with Gasteiger partial charge in [0.2, 0.25) is 0 Å². The molecule has 4 heteroatoms. The summed E-state index contributed by atoms with van der Waals surface area (Å²) >= 11 is 6.08. The molecule has 0 radical (unpaired) electrons. The molecule has 1 atom stereocenters. The van der Waals surface area contributed by atoms with E-state index in [0.29, 0.717) is 10.7 Å². The molecule has 2 aromatic carbocycles. The van der Waals surface area contributed by atoms with E-state index in [2.05, 4.69) is 11.4 Å². The van der Waals surface area contributed by atoms with Crippen LogP contribution in [0.1, 0.15) is 29.2 Å². The zero-order valence-electron chi connectivity index (χ0n) is 14.2. The lowest BCUT2D eigenvalue weighted by atomic mass is 10.1. The summed E-state index contributed by atoms with van der Waals surface area (Å²) in [4.78, 5) is 12.3. The summed E-state index contributed by atoms with van der Waals surface area (Å²) in [5.41, 5.74) is 4.95. The predicted octanol–water partition coefficient (Wildman–Crippen LogP) is 4.98. The lowest BCUT2D eigenvalue weighted by molar-refractivity contribution is -0.122. The Kier molecular flexibility index (Phi) is 5.32. The Balaban J connectivity index is 2.10. The van der Waals surface area contributed by atoms with Gasteiger partial charge in [0.1, 0.15) is 5.75 Å². The van der Waals surface area contributed by atoms with Crippen LogP contribution < -0.4 is 10.1 Å². The summed E-state index contributed by atoms with van der Waals surface area (Å²) in [7, 11) is 0. The van der Waals surface area contributed by atoms with E-state index in [0.717, 1.165) is 28.0 Å². The molecule has 2 rings (SSSR count). The van der Waals surface area contributed by atoms with Crippen molar-refractivity contribution in [1.29, 1.82) is 0 Å². The number of hydrogen-bond acceptors (Lipinski definition) is 2. The van der Waals surface area contributed by atoms with Gasteiger partial charge in [0.05, 0.1) is 0 Å². The maximum absolute atomic E-state index is 12.3. The van der Waals surface area contributed by atoms with Gasteiger partial charge in [0, 0.05) is 10.7 Å². The minimum atomic E-state index is -0.602. The number of carbonyl (C=O) groups excluding carboxylic acids is 1. The molecule has 0 bridgehead atoms. The molecule has 0 aliphatic heterocycles. The molecule has 0 fully saturated rings. The molecule has 23 heavy (non-hydrogen) atoms. The first-order valence-corrected chi connectivity index (χ1v) is 7.97. The van der Waals surface area contributed by atoms with E-state index in [1.165, 1.54) is 0 Å². The second kappa shape index (κ2) is 7.05. The number of aryl methyl sites for hydroxylation is 3. The van der Waals surface area contributed by atoms with Crippen molar-refractivity contribution in [3.8, 4) is 5.75 Å².